The van der Waals surface area contributed by atoms with Crippen LogP contribution in [-0.2, 0) is 4.79 Å². The monoisotopic (exact) mass is 185 g/mol. The van der Waals surface area contributed by atoms with Gasteiger partial charge in [0.1, 0.15) is 5.78 Å². The van der Waals surface area contributed by atoms with Crippen LogP contribution in [0.4, 0.5) is 0 Å². The van der Waals surface area contributed by atoms with E-state index in [9.17, 15) is 4.79 Å². The zero-order chi connectivity index (χ0) is 10.3. The summed E-state index contributed by atoms with van der Waals surface area (Å²) >= 11 is 0. The lowest BCUT2D eigenvalue weighted by Crippen LogP contribution is -2.16. The smallest absolute Gasteiger partial charge is 0.133 e. The topological polar surface area (TPSA) is 43.1 Å². The Labute approximate surface area is 81.9 Å². The summed E-state index contributed by atoms with van der Waals surface area (Å²) < 4.78 is 0. The number of hydrogen-bond acceptors (Lipinski definition) is 2. The maximum atomic E-state index is 11.5. The molecule has 0 rings (SSSR count). The number of Topliss-reactive ketones (excluding diaryl/α,β-unsaturated/α-hetero) is 1. The van der Waals surface area contributed by atoms with Crippen LogP contribution in [0.15, 0.2) is 0 Å². The summed E-state index contributed by atoms with van der Waals surface area (Å²) in [6, 6.07) is 0. The summed E-state index contributed by atoms with van der Waals surface area (Å²) in [6.07, 6.45) is 3.63. The Morgan fingerprint density at radius 3 is 2.15 bits per heavy atom. The second kappa shape index (κ2) is 7.07. The molecule has 0 bridgehead atoms. The predicted molar refractivity (Wildman–Crippen MR) is 56.5 cm³/mol. The minimum absolute atomic E-state index is 0.349. The Bertz CT molecular complexity index is 141. The Morgan fingerprint density at radius 1 is 1.23 bits per heavy atom. The first-order chi connectivity index (χ1) is 6.13. The zero-order valence-electron chi connectivity index (χ0n) is 9.18. The SMILES string of the molecule is CCC(CC)CC(=O)CC(C)CN. The van der Waals surface area contributed by atoms with Gasteiger partial charge < -0.3 is 5.73 Å². The van der Waals surface area contributed by atoms with Crippen molar-refractivity contribution >= 4 is 5.78 Å². The van der Waals surface area contributed by atoms with E-state index in [1.54, 1.807) is 0 Å². The Hall–Kier alpha value is -0.370. The highest BCUT2D eigenvalue weighted by molar-refractivity contribution is 5.78. The average Bonchev–Trinajstić information content (AvgIpc) is 2.13. The van der Waals surface area contributed by atoms with Crippen LogP contribution in [0.5, 0.6) is 0 Å². The van der Waals surface area contributed by atoms with Gasteiger partial charge in [-0.3, -0.25) is 4.79 Å². The molecule has 2 nitrogen and oxygen atoms in total. The third-order valence-electron chi connectivity index (χ3n) is 2.65. The van der Waals surface area contributed by atoms with Crippen molar-refractivity contribution in [3.05, 3.63) is 0 Å². The number of carbonyl (C=O) groups excluding carboxylic acids is 1. The maximum absolute atomic E-state index is 11.5. The summed E-state index contributed by atoms with van der Waals surface area (Å²) in [5.41, 5.74) is 5.46. The molecule has 1 unspecified atom stereocenters. The van der Waals surface area contributed by atoms with Gasteiger partial charge in [0, 0.05) is 12.8 Å². The van der Waals surface area contributed by atoms with Crippen LogP contribution in [0.3, 0.4) is 0 Å². The first-order valence-corrected chi connectivity index (χ1v) is 5.35. The number of ketones is 1. The highest BCUT2D eigenvalue weighted by Crippen LogP contribution is 2.15. The summed E-state index contributed by atoms with van der Waals surface area (Å²) in [5.74, 6) is 1.31. The minimum atomic E-state index is 0.349. The second-order valence-corrected chi connectivity index (χ2v) is 3.97. The summed E-state index contributed by atoms with van der Waals surface area (Å²) in [4.78, 5) is 11.5. The number of hydrogen-bond donors (Lipinski definition) is 1. The number of rotatable bonds is 7. The fourth-order valence-corrected chi connectivity index (χ4v) is 1.45. The van der Waals surface area contributed by atoms with Gasteiger partial charge in [-0.2, -0.15) is 0 Å². The van der Waals surface area contributed by atoms with Gasteiger partial charge in [0.2, 0.25) is 0 Å². The van der Waals surface area contributed by atoms with E-state index in [-0.39, 0.29) is 0 Å². The van der Waals surface area contributed by atoms with Crippen molar-refractivity contribution in [1.29, 1.82) is 0 Å². The minimum Gasteiger partial charge on any atom is -0.330 e. The standard InChI is InChI=1S/C11H23NO/c1-4-10(5-2)7-11(13)6-9(3)8-12/h9-10H,4-8,12H2,1-3H3. The fourth-order valence-electron chi connectivity index (χ4n) is 1.45. The highest BCUT2D eigenvalue weighted by atomic mass is 16.1. The fraction of sp³-hybridized carbons (Fsp3) is 0.909. The summed E-state index contributed by atoms with van der Waals surface area (Å²) in [6.45, 7) is 6.95. The molecule has 2 heteroatoms. The lowest BCUT2D eigenvalue weighted by molar-refractivity contribution is -0.120. The molecule has 13 heavy (non-hydrogen) atoms. The van der Waals surface area contributed by atoms with Crippen molar-refractivity contribution < 1.29 is 4.79 Å². The van der Waals surface area contributed by atoms with Gasteiger partial charge in [0.25, 0.3) is 0 Å². The largest absolute Gasteiger partial charge is 0.330 e. The van der Waals surface area contributed by atoms with Crippen LogP contribution in [0, 0.1) is 11.8 Å². The third-order valence-corrected chi connectivity index (χ3v) is 2.65. The maximum Gasteiger partial charge on any atom is 0.133 e. The van der Waals surface area contributed by atoms with Crippen LogP contribution < -0.4 is 5.73 Å². The molecule has 0 heterocycles. The van der Waals surface area contributed by atoms with Gasteiger partial charge in [-0.15, -0.1) is 0 Å². The van der Waals surface area contributed by atoms with Crippen molar-refractivity contribution in [1.82, 2.24) is 0 Å². The van der Waals surface area contributed by atoms with Crippen LogP contribution in [0.2, 0.25) is 0 Å². The van der Waals surface area contributed by atoms with Crippen molar-refractivity contribution in [2.45, 2.75) is 46.5 Å². The molecule has 0 aliphatic carbocycles. The van der Waals surface area contributed by atoms with Gasteiger partial charge in [-0.05, 0) is 18.4 Å². The van der Waals surface area contributed by atoms with Crippen molar-refractivity contribution in [3.63, 3.8) is 0 Å². The number of nitrogens with two attached hydrogens (primary N) is 1. The Balaban J connectivity index is 3.72. The molecule has 0 aromatic rings. The molecule has 0 aliphatic rings. The molecule has 2 N–H and O–H groups in total. The van der Waals surface area contributed by atoms with E-state index in [4.69, 9.17) is 5.73 Å². The molecular formula is C11H23NO. The second-order valence-electron chi connectivity index (χ2n) is 3.97. The van der Waals surface area contributed by atoms with E-state index in [1.807, 2.05) is 6.92 Å². The quantitative estimate of drug-likeness (QED) is 0.661. The lowest BCUT2D eigenvalue weighted by Gasteiger charge is -2.12. The molecule has 0 spiro atoms. The van der Waals surface area contributed by atoms with E-state index >= 15 is 0 Å². The van der Waals surface area contributed by atoms with Gasteiger partial charge in [0.05, 0.1) is 0 Å². The molecule has 0 aliphatic heterocycles. The zero-order valence-corrected chi connectivity index (χ0v) is 9.18. The molecule has 0 amide bonds. The molecule has 1 atom stereocenters. The third kappa shape index (κ3) is 5.81. The average molecular weight is 185 g/mol. The molecule has 78 valence electrons. The van der Waals surface area contributed by atoms with Crippen LogP contribution >= 0.6 is 0 Å². The Kier molecular flexibility index (Phi) is 6.87. The predicted octanol–water partition coefficient (Wildman–Crippen LogP) is 2.37. The first kappa shape index (κ1) is 12.6. The van der Waals surface area contributed by atoms with E-state index in [2.05, 4.69) is 13.8 Å². The van der Waals surface area contributed by atoms with Gasteiger partial charge in [-0.25, -0.2) is 0 Å². The normalized spacial score (nSPS) is 13.3. The molecule has 0 radical (unpaired) electrons. The van der Waals surface area contributed by atoms with Crippen molar-refractivity contribution in [2.24, 2.45) is 17.6 Å². The molecule has 0 aromatic heterocycles. The molecule has 0 aromatic carbocycles. The van der Waals surface area contributed by atoms with E-state index < -0.39 is 0 Å². The van der Waals surface area contributed by atoms with Crippen LogP contribution in [0.1, 0.15) is 46.5 Å². The van der Waals surface area contributed by atoms with Crippen molar-refractivity contribution in [2.75, 3.05) is 6.54 Å². The summed E-state index contributed by atoms with van der Waals surface area (Å²) in [7, 11) is 0. The molecule has 0 fully saturated rings. The van der Waals surface area contributed by atoms with Gasteiger partial charge in [0.15, 0.2) is 0 Å². The first-order valence-electron chi connectivity index (χ1n) is 5.35. The van der Waals surface area contributed by atoms with Crippen molar-refractivity contribution in [3.8, 4) is 0 Å². The highest BCUT2D eigenvalue weighted by Gasteiger charge is 2.12. The van der Waals surface area contributed by atoms with Crippen LogP contribution in [0.25, 0.3) is 0 Å². The summed E-state index contributed by atoms with van der Waals surface area (Å²) in [5, 5.41) is 0. The molecule has 0 saturated carbocycles. The lowest BCUT2D eigenvalue weighted by atomic mass is 9.93. The van der Waals surface area contributed by atoms with E-state index in [0.717, 1.165) is 19.3 Å². The molecule has 0 saturated heterocycles. The molecular weight excluding hydrogens is 162 g/mol. The van der Waals surface area contributed by atoms with Crippen LogP contribution in [-0.4, -0.2) is 12.3 Å². The van der Waals surface area contributed by atoms with E-state index in [1.165, 1.54) is 0 Å². The van der Waals surface area contributed by atoms with Gasteiger partial charge >= 0.3 is 0 Å². The van der Waals surface area contributed by atoms with E-state index in [0.29, 0.717) is 30.6 Å². The number of carbonyl (C=O) groups is 1. The van der Waals surface area contributed by atoms with Gasteiger partial charge in [-0.1, -0.05) is 33.6 Å². The Morgan fingerprint density at radius 2 is 1.77 bits per heavy atom.